The molecule has 1 atom stereocenters. The molecule has 0 radical (unpaired) electrons. The Kier molecular flexibility index (Phi) is 3.88. The predicted octanol–water partition coefficient (Wildman–Crippen LogP) is -0.928. The summed E-state index contributed by atoms with van der Waals surface area (Å²) in [6, 6.07) is 0.303. The van der Waals surface area contributed by atoms with E-state index >= 15 is 0 Å². The van der Waals surface area contributed by atoms with Gasteiger partial charge in [0.05, 0.1) is 13.1 Å². The summed E-state index contributed by atoms with van der Waals surface area (Å²) in [7, 11) is 0. The average Bonchev–Trinajstić information content (AvgIpc) is 2.60. The van der Waals surface area contributed by atoms with Crippen molar-refractivity contribution in [2.24, 2.45) is 5.73 Å². The summed E-state index contributed by atoms with van der Waals surface area (Å²) in [5.41, 5.74) is 5.10. The zero-order valence-corrected chi connectivity index (χ0v) is 8.45. The van der Waals surface area contributed by atoms with Gasteiger partial charge in [0.1, 0.15) is 0 Å². The zero-order chi connectivity index (χ0) is 10.6. The number of nitrogens with one attached hydrogen (secondary N) is 1. The summed E-state index contributed by atoms with van der Waals surface area (Å²) in [6.07, 6.45) is 2.11. The number of hydrogen-bond donors (Lipinski definition) is 2. The second-order valence-electron chi connectivity index (χ2n) is 3.56. The van der Waals surface area contributed by atoms with E-state index in [1.54, 1.807) is 4.90 Å². The zero-order valence-electron chi connectivity index (χ0n) is 8.45. The van der Waals surface area contributed by atoms with Gasteiger partial charge >= 0.3 is 0 Å². The molecular formula is C9H17N3O2. The van der Waals surface area contributed by atoms with Gasteiger partial charge in [0.15, 0.2) is 0 Å². The third kappa shape index (κ3) is 2.70. The van der Waals surface area contributed by atoms with Crippen molar-refractivity contribution in [1.82, 2.24) is 10.2 Å². The van der Waals surface area contributed by atoms with Gasteiger partial charge in [-0.3, -0.25) is 9.59 Å². The Bertz CT molecular complexity index is 230. The third-order valence-electron chi connectivity index (χ3n) is 2.50. The predicted molar refractivity (Wildman–Crippen MR) is 52.5 cm³/mol. The number of rotatable bonds is 3. The molecule has 0 bridgehead atoms. The molecule has 5 heteroatoms. The van der Waals surface area contributed by atoms with Gasteiger partial charge in [-0.05, 0) is 19.8 Å². The van der Waals surface area contributed by atoms with Crippen LogP contribution in [0.2, 0.25) is 0 Å². The van der Waals surface area contributed by atoms with E-state index in [0.29, 0.717) is 6.04 Å². The van der Waals surface area contributed by atoms with Crippen LogP contribution in [0.15, 0.2) is 0 Å². The number of nitrogens with zero attached hydrogens (tertiary/aromatic N) is 1. The normalized spacial score (nSPS) is 21.0. The molecule has 2 amide bonds. The van der Waals surface area contributed by atoms with Crippen LogP contribution >= 0.6 is 0 Å². The summed E-state index contributed by atoms with van der Waals surface area (Å²) < 4.78 is 0. The van der Waals surface area contributed by atoms with E-state index in [-0.39, 0.29) is 24.9 Å². The van der Waals surface area contributed by atoms with E-state index in [4.69, 9.17) is 5.73 Å². The molecule has 1 heterocycles. The van der Waals surface area contributed by atoms with Crippen molar-refractivity contribution in [3.8, 4) is 0 Å². The molecule has 0 aromatic heterocycles. The maximum Gasteiger partial charge on any atom is 0.242 e. The van der Waals surface area contributed by atoms with Crippen LogP contribution in [0.25, 0.3) is 0 Å². The molecule has 0 aromatic carbocycles. The Labute approximate surface area is 83.6 Å². The van der Waals surface area contributed by atoms with Gasteiger partial charge in [-0.2, -0.15) is 0 Å². The van der Waals surface area contributed by atoms with Gasteiger partial charge < -0.3 is 16.0 Å². The standard InChI is InChI=1S/C9H17N3O2/c1-7-3-2-4-12(7)9(14)6-11-8(13)5-10/h7H,2-6,10H2,1H3,(H,11,13). The second kappa shape index (κ2) is 4.95. The van der Waals surface area contributed by atoms with Crippen LogP contribution < -0.4 is 11.1 Å². The molecular weight excluding hydrogens is 182 g/mol. The van der Waals surface area contributed by atoms with Crippen LogP contribution in [-0.2, 0) is 9.59 Å². The minimum absolute atomic E-state index is 0.0169. The van der Waals surface area contributed by atoms with Gasteiger partial charge in [0, 0.05) is 12.6 Å². The largest absolute Gasteiger partial charge is 0.346 e. The van der Waals surface area contributed by atoms with Crippen molar-refractivity contribution in [1.29, 1.82) is 0 Å². The topological polar surface area (TPSA) is 75.4 Å². The van der Waals surface area contributed by atoms with E-state index in [0.717, 1.165) is 19.4 Å². The van der Waals surface area contributed by atoms with E-state index in [1.165, 1.54) is 0 Å². The van der Waals surface area contributed by atoms with Crippen LogP contribution in [0.3, 0.4) is 0 Å². The molecule has 3 N–H and O–H groups in total. The Balaban J connectivity index is 2.31. The fraction of sp³-hybridized carbons (Fsp3) is 0.778. The minimum atomic E-state index is -0.287. The maximum absolute atomic E-state index is 11.5. The highest BCUT2D eigenvalue weighted by Crippen LogP contribution is 2.15. The fourth-order valence-electron chi connectivity index (χ4n) is 1.65. The molecule has 80 valence electrons. The summed E-state index contributed by atoms with van der Waals surface area (Å²) in [6.45, 7) is 2.83. The first-order valence-corrected chi connectivity index (χ1v) is 4.91. The van der Waals surface area contributed by atoms with Crippen LogP contribution in [0.4, 0.5) is 0 Å². The highest BCUT2D eigenvalue weighted by Gasteiger charge is 2.24. The molecule has 1 aliphatic heterocycles. The smallest absolute Gasteiger partial charge is 0.242 e. The summed E-state index contributed by atoms with van der Waals surface area (Å²) in [4.78, 5) is 24.2. The van der Waals surface area contributed by atoms with Crippen LogP contribution in [0, 0.1) is 0 Å². The summed E-state index contributed by atoms with van der Waals surface area (Å²) >= 11 is 0. The Morgan fingerprint density at radius 1 is 1.57 bits per heavy atom. The summed E-state index contributed by atoms with van der Waals surface area (Å²) in [5.74, 6) is -0.304. The number of carbonyl (C=O) groups is 2. The lowest BCUT2D eigenvalue weighted by molar-refractivity contribution is -0.133. The highest BCUT2D eigenvalue weighted by molar-refractivity contribution is 5.85. The van der Waals surface area contributed by atoms with Crippen molar-refractivity contribution in [3.05, 3.63) is 0 Å². The van der Waals surface area contributed by atoms with E-state index in [2.05, 4.69) is 5.32 Å². The van der Waals surface area contributed by atoms with Crippen molar-refractivity contribution < 1.29 is 9.59 Å². The van der Waals surface area contributed by atoms with Crippen molar-refractivity contribution in [2.45, 2.75) is 25.8 Å². The Hall–Kier alpha value is -1.10. The molecule has 14 heavy (non-hydrogen) atoms. The lowest BCUT2D eigenvalue weighted by Gasteiger charge is -2.21. The minimum Gasteiger partial charge on any atom is -0.346 e. The number of carbonyl (C=O) groups excluding carboxylic acids is 2. The molecule has 1 aliphatic rings. The number of hydrogen-bond acceptors (Lipinski definition) is 3. The average molecular weight is 199 g/mol. The molecule has 1 fully saturated rings. The Morgan fingerprint density at radius 2 is 2.29 bits per heavy atom. The van der Waals surface area contributed by atoms with Crippen LogP contribution in [0.5, 0.6) is 0 Å². The van der Waals surface area contributed by atoms with Crippen LogP contribution in [0.1, 0.15) is 19.8 Å². The monoisotopic (exact) mass is 199 g/mol. The summed E-state index contributed by atoms with van der Waals surface area (Å²) in [5, 5.41) is 2.47. The van der Waals surface area contributed by atoms with E-state index in [9.17, 15) is 9.59 Å². The van der Waals surface area contributed by atoms with Crippen molar-refractivity contribution in [3.63, 3.8) is 0 Å². The third-order valence-corrected chi connectivity index (χ3v) is 2.50. The van der Waals surface area contributed by atoms with Gasteiger partial charge in [0.2, 0.25) is 11.8 Å². The molecule has 0 aliphatic carbocycles. The first-order chi connectivity index (χ1) is 6.65. The Morgan fingerprint density at radius 3 is 2.79 bits per heavy atom. The van der Waals surface area contributed by atoms with Gasteiger partial charge in [-0.1, -0.05) is 0 Å². The quantitative estimate of drug-likeness (QED) is 0.616. The molecule has 0 spiro atoms. The maximum atomic E-state index is 11.5. The van der Waals surface area contributed by atoms with Gasteiger partial charge in [-0.15, -0.1) is 0 Å². The number of nitrogens with two attached hydrogens (primary N) is 1. The molecule has 1 saturated heterocycles. The SMILES string of the molecule is CC1CCCN1C(=O)CNC(=O)CN. The molecule has 0 aromatic rings. The fourth-order valence-corrected chi connectivity index (χ4v) is 1.65. The molecule has 5 nitrogen and oxygen atoms in total. The molecule has 1 unspecified atom stereocenters. The first kappa shape index (κ1) is 11.0. The van der Waals surface area contributed by atoms with Gasteiger partial charge in [0.25, 0.3) is 0 Å². The lowest BCUT2D eigenvalue weighted by Crippen LogP contribution is -2.43. The molecule has 0 saturated carbocycles. The number of likely N-dealkylation sites (tertiary alicyclic amines) is 1. The lowest BCUT2D eigenvalue weighted by atomic mass is 10.2. The van der Waals surface area contributed by atoms with Crippen molar-refractivity contribution in [2.75, 3.05) is 19.6 Å². The van der Waals surface area contributed by atoms with E-state index < -0.39 is 0 Å². The van der Waals surface area contributed by atoms with Crippen LogP contribution in [-0.4, -0.2) is 42.4 Å². The first-order valence-electron chi connectivity index (χ1n) is 4.91. The van der Waals surface area contributed by atoms with E-state index in [1.807, 2.05) is 6.92 Å². The highest BCUT2D eigenvalue weighted by atomic mass is 16.2. The molecule has 1 rings (SSSR count). The number of amides is 2. The van der Waals surface area contributed by atoms with Crippen molar-refractivity contribution >= 4 is 11.8 Å². The second-order valence-corrected chi connectivity index (χ2v) is 3.56. The van der Waals surface area contributed by atoms with Gasteiger partial charge in [-0.25, -0.2) is 0 Å².